The van der Waals surface area contributed by atoms with E-state index in [1.54, 1.807) is 0 Å². The van der Waals surface area contributed by atoms with Crippen LogP contribution in [0.25, 0.3) is 0 Å². The molecule has 0 aliphatic carbocycles. The summed E-state index contributed by atoms with van der Waals surface area (Å²) in [6, 6.07) is 0. The molecule has 0 aromatic rings. The summed E-state index contributed by atoms with van der Waals surface area (Å²) in [7, 11) is 0. The Hall–Kier alpha value is 1.44. The van der Waals surface area contributed by atoms with Crippen molar-refractivity contribution in [3.05, 3.63) is 0 Å². The first kappa shape index (κ1) is 19.1. The van der Waals surface area contributed by atoms with Gasteiger partial charge < -0.3 is 10.2 Å². The van der Waals surface area contributed by atoms with Crippen molar-refractivity contribution in [3.63, 3.8) is 0 Å². The third-order valence-electron chi connectivity index (χ3n) is 0.740. The van der Waals surface area contributed by atoms with Crippen molar-refractivity contribution in [3.8, 4) is 0 Å². The van der Waals surface area contributed by atoms with Crippen molar-refractivity contribution in [1.82, 2.24) is 0 Å². The molecule has 0 bridgehead atoms. The molecule has 0 atom stereocenters. The van der Waals surface area contributed by atoms with Gasteiger partial charge >= 0.3 is 65.4 Å². The van der Waals surface area contributed by atoms with Gasteiger partial charge in [0.25, 0.3) is 0 Å². The zero-order valence-electron chi connectivity index (χ0n) is 5.52. The maximum atomic E-state index is 10.1. The monoisotopic (exact) mass is 328 g/mol. The van der Waals surface area contributed by atoms with Crippen LogP contribution >= 0.6 is 25.3 Å². The van der Waals surface area contributed by atoms with E-state index >= 15 is 0 Å². The number of hydrogen-bond donors (Lipinski definition) is 4. The summed E-state index contributed by atoms with van der Waals surface area (Å²) in [5.74, 6) is -2.60. The summed E-state index contributed by atoms with van der Waals surface area (Å²) in [4.78, 5) is 20.1. The Morgan fingerprint density at radius 1 is 1.25 bits per heavy atom. The molecule has 8 heteroatoms. The van der Waals surface area contributed by atoms with Crippen LogP contribution in [0.2, 0.25) is 0 Å². The predicted octanol–water partition coefficient (Wildman–Crippen LogP) is -1.46. The Balaban J connectivity index is -0.000000405. The van der Waals surface area contributed by atoms with Gasteiger partial charge in [0.05, 0.1) is 6.42 Å². The fourth-order valence-corrected chi connectivity index (χ4v) is 0.557. The molecule has 0 aliphatic heterocycles. The van der Waals surface area contributed by atoms with E-state index in [1.165, 1.54) is 0 Å². The van der Waals surface area contributed by atoms with Crippen molar-refractivity contribution in [2.45, 2.75) is 10.5 Å². The van der Waals surface area contributed by atoms with Gasteiger partial charge in [0.1, 0.15) is 0 Å². The Morgan fingerprint density at radius 3 is 1.67 bits per heavy atom. The first-order valence-corrected chi connectivity index (χ1v) is 3.15. The second-order valence-corrected chi connectivity index (χ2v) is 3.57. The van der Waals surface area contributed by atoms with Crippen LogP contribution in [-0.2, 0) is 9.59 Å². The third kappa shape index (κ3) is 8.06. The van der Waals surface area contributed by atoms with Gasteiger partial charge in [-0.2, -0.15) is 0 Å². The van der Waals surface area contributed by atoms with Gasteiger partial charge in [-0.15, -0.1) is 25.3 Å². The Labute approximate surface area is 120 Å². The number of aliphatic carboxylic acids is 2. The van der Waals surface area contributed by atoms with E-state index in [0.717, 1.165) is 0 Å². The van der Waals surface area contributed by atoms with Crippen LogP contribution in [-0.4, -0.2) is 79.7 Å². The minimum atomic E-state index is -1.77. The van der Waals surface area contributed by atoms with Crippen LogP contribution in [0.3, 0.4) is 0 Å². The first-order chi connectivity index (χ1) is 4.36. The first-order valence-electron chi connectivity index (χ1n) is 2.26. The van der Waals surface area contributed by atoms with Crippen molar-refractivity contribution in [2.24, 2.45) is 0 Å². The SMILES string of the molecule is O=C(O)CC(S)(S)C(=O)O.[NaH].[SnH2]. The Morgan fingerprint density at radius 2 is 1.58 bits per heavy atom. The molecule has 0 fully saturated rings. The standard InChI is InChI=1S/C4H6O4S2.Na.Sn.3H/c5-2(6)1-4(9,10)3(7)8;;;;;/h9-10H,1H2,(H,5,6)(H,7,8);;;;;. The van der Waals surface area contributed by atoms with E-state index in [9.17, 15) is 9.59 Å². The van der Waals surface area contributed by atoms with Crippen LogP contribution in [0.5, 0.6) is 0 Å². The summed E-state index contributed by atoms with van der Waals surface area (Å²) in [6.07, 6.45) is -0.617. The molecule has 0 amide bonds. The molecule has 4 nitrogen and oxygen atoms in total. The van der Waals surface area contributed by atoms with Crippen LogP contribution in [0.15, 0.2) is 0 Å². The molecule has 0 unspecified atom stereocenters. The van der Waals surface area contributed by atoms with Gasteiger partial charge in [0, 0.05) is 0 Å². The molecule has 12 heavy (non-hydrogen) atoms. The summed E-state index contributed by atoms with van der Waals surface area (Å²) in [6.45, 7) is 0. The molecule has 0 spiro atoms. The molecule has 0 saturated carbocycles. The molecular formula is C4H9NaO4S2Sn. The number of carbonyl (C=O) groups is 2. The minimum absolute atomic E-state index is 0. The fourth-order valence-electron chi connectivity index (χ4n) is 0.286. The van der Waals surface area contributed by atoms with Crippen molar-refractivity contribution >= 4 is 90.7 Å². The van der Waals surface area contributed by atoms with Gasteiger partial charge in [-0.3, -0.25) is 4.79 Å². The van der Waals surface area contributed by atoms with Crippen LogP contribution in [0.4, 0.5) is 0 Å². The molecule has 0 aromatic carbocycles. The van der Waals surface area contributed by atoms with E-state index < -0.39 is 22.4 Å². The Bertz CT molecular complexity index is 174. The quantitative estimate of drug-likeness (QED) is 0.290. The van der Waals surface area contributed by atoms with Crippen LogP contribution < -0.4 is 0 Å². The van der Waals surface area contributed by atoms with Crippen LogP contribution in [0, 0.1) is 0 Å². The van der Waals surface area contributed by atoms with Crippen molar-refractivity contribution < 1.29 is 19.8 Å². The molecule has 2 radical (unpaired) electrons. The van der Waals surface area contributed by atoms with Gasteiger partial charge in [-0.1, -0.05) is 0 Å². The normalized spacial score (nSPS) is 9.17. The summed E-state index contributed by atoms with van der Waals surface area (Å²) >= 11 is 7.01. The Kier molecular flexibility index (Phi) is 12.4. The number of rotatable bonds is 3. The van der Waals surface area contributed by atoms with E-state index in [2.05, 4.69) is 25.3 Å². The zero-order valence-corrected chi connectivity index (χ0v) is 11.3. The average molecular weight is 327 g/mol. The van der Waals surface area contributed by atoms with Crippen molar-refractivity contribution in [2.75, 3.05) is 0 Å². The van der Waals surface area contributed by atoms with Gasteiger partial charge in [-0.25, -0.2) is 4.79 Å². The molecule has 66 valence electrons. The summed E-state index contributed by atoms with van der Waals surface area (Å²) in [5.41, 5.74) is 0. The molecular weight excluding hydrogens is 318 g/mol. The second-order valence-electron chi connectivity index (χ2n) is 1.69. The third-order valence-corrected chi connectivity index (χ3v) is 1.44. The van der Waals surface area contributed by atoms with E-state index in [0.29, 0.717) is 0 Å². The van der Waals surface area contributed by atoms with E-state index in [-0.39, 0.29) is 53.5 Å². The van der Waals surface area contributed by atoms with Crippen molar-refractivity contribution in [1.29, 1.82) is 0 Å². The topological polar surface area (TPSA) is 74.6 Å². The summed E-state index contributed by atoms with van der Waals surface area (Å²) < 4.78 is -1.77. The van der Waals surface area contributed by atoms with E-state index in [1.807, 2.05) is 0 Å². The molecule has 0 aromatic heterocycles. The number of hydrogen-bond acceptors (Lipinski definition) is 4. The van der Waals surface area contributed by atoms with Crippen LogP contribution in [0.1, 0.15) is 6.42 Å². The average Bonchev–Trinajstić information content (AvgIpc) is 1.60. The summed E-state index contributed by atoms with van der Waals surface area (Å²) in [5, 5.41) is 16.4. The van der Waals surface area contributed by atoms with Gasteiger partial charge in [0.2, 0.25) is 0 Å². The fraction of sp³-hybridized carbons (Fsp3) is 0.500. The molecule has 0 rings (SSSR count). The van der Waals surface area contributed by atoms with Gasteiger partial charge in [0.15, 0.2) is 4.08 Å². The number of carboxylic acid groups (broad SMARTS) is 2. The molecule has 0 heterocycles. The van der Waals surface area contributed by atoms with E-state index in [4.69, 9.17) is 10.2 Å². The second kappa shape index (κ2) is 7.81. The number of carboxylic acids is 2. The molecule has 0 saturated heterocycles. The molecule has 2 N–H and O–H groups in total. The molecule has 0 aliphatic rings. The van der Waals surface area contributed by atoms with Gasteiger partial charge in [-0.05, 0) is 0 Å². The maximum absolute atomic E-state index is 10.1. The predicted molar refractivity (Wildman–Crippen MR) is 56.3 cm³/mol. The zero-order chi connectivity index (χ0) is 8.36. The number of thiol groups is 2.